The molecule has 3 aromatic rings. The van der Waals surface area contributed by atoms with Crippen LogP contribution in [-0.4, -0.2) is 21.7 Å². The highest BCUT2D eigenvalue weighted by Crippen LogP contribution is 2.29. The number of aryl methyl sites for hydroxylation is 1. The molecule has 0 saturated heterocycles. The van der Waals surface area contributed by atoms with Crippen molar-refractivity contribution in [2.24, 2.45) is 0 Å². The van der Waals surface area contributed by atoms with Crippen LogP contribution in [0.1, 0.15) is 23.4 Å². The van der Waals surface area contributed by atoms with E-state index < -0.39 is 0 Å². The molecule has 22 heavy (non-hydrogen) atoms. The van der Waals surface area contributed by atoms with Crippen molar-refractivity contribution in [3.05, 3.63) is 57.6 Å². The molecule has 0 amide bonds. The summed E-state index contributed by atoms with van der Waals surface area (Å²) >= 11 is 0. The summed E-state index contributed by atoms with van der Waals surface area (Å²) in [6, 6.07) is 10.0. The normalized spacial score (nSPS) is 13.7. The van der Waals surface area contributed by atoms with E-state index in [0.29, 0.717) is 12.3 Å². The fraction of sp³-hybridized carbons (Fsp3) is 0.294. The molecule has 1 N–H and O–H groups in total. The van der Waals surface area contributed by atoms with Gasteiger partial charge in [-0.05, 0) is 24.8 Å². The van der Waals surface area contributed by atoms with Gasteiger partial charge in [0.05, 0.1) is 18.0 Å². The minimum Gasteiger partial charge on any atom is -0.378 e. The number of benzene rings is 1. The molecule has 5 heteroatoms. The van der Waals surface area contributed by atoms with Gasteiger partial charge in [-0.15, -0.1) is 0 Å². The van der Waals surface area contributed by atoms with Crippen molar-refractivity contribution in [3.8, 4) is 11.1 Å². The number of ether oxygens (including phenoxy) is 1. The first-order valence-electron chi connectivity index (χ1n) is 7.49. The second-order valence-corrected chi connectivity index (χ2v) is 5.62. The molecule has 0 atom stereocenters. The largest absolute Gasteiger partial charge is 0.378 e. The van der Waals surface area contributed by atoms with E-state index in [1.165, 1.54) is 0 Å². The quantitative estimate of drug-likeness (QED) is 0.806. The number of nitrogens with one attached hydrogen (secondary N) is 1. The first-order chi connectivity index (χ1) is 10.8. The van der Waals surface area contributed by atoms with Crippen molar-refractivity contribution in [2.75, 3.05) is 7.11 Å². The maximum absolute atomic E-state index is 12.7. The van der Waals surface area contributed by atoms with Crippen LogP contribution >= 0.6 is 0 Å². The minimum absolute atomic E-state index is 0.0250. The SMILES string of the molecule is COCc1[nH]n2c(=O)c3c(nc2c1-c1ccccc1)CCC3. The number of H-pyrrole nitrogens is 1. The van der Waals surface area contributed by atoms with Crippen LogP contribution in [0.3, 0.4) is 0 Å². The first-order valence-corrected chi connectivity index (χ1v) is 7.49. The third-order valence-electron chi connectivity index (χ3n) is 4.23. The van der Waals surface area contributed by atoms with Crippen molar-refractivity contribution in [1.82, 2.24) is 14.6 Å². The van der Waals surface area contributed by atoms with E-state index in [1.54, 1.807) is 11.6 Å². The molecular weight excluding hydrogens is 278 g/mol. The molecule has 1 aliphatic rings. The standard InChI is InChI=1S/C17H17N3O2/c1-22-10-14-15(11-6-3-2-4-7-11)16-18-13-9-5-8-12(13)17(21)20(16)19-14/h2-4,6-7,19H,5,8-10H2,1H3. The summed E-state index contributed by atoms with van der Waals surface area (Å²) in [5.74, 6) is 0. The van der Waals surface area contributed by atoms with Crippen LogP contribution in [-0.2, 0) is 24.2 Å². The van der Waals surface area contributed by atoms with Gasteiger partial charge in [0.1, 0.15) is 0 Å². The van der Waals surface area contributed by atoms with Crippen LogP contribution in [0.5, 0.6) is 0 Å². The van der Waals surface area contributed by atoms with Gasteiger partial charge in [-0.25, -0.2) is 9.50 Å². The molecular formula is C17H17N3O2. The smallest absolute Gasteiger partial charge is 0.276 e. The second-order valence-electron chi connectivity index (χ2n) is 5.62. The van der Waals surface area contributed by atoms with Gasteiger partial charge in [-0.2, -0.15) is 0 Å². The Labute approximate surface area is 127 Å². The van der Waals surface area contributed by atoms with Crippen LogP contribution in [0.2, 0.25) is 0 Å². The number of nitrogens with zero attached hydrogens (tertiary/aromatic N) is 2. The lowest BCUT2D eigenvalue weighted by atomic mass is 10.1. The topological polar surface area (TPSA) is 59.4 Å². The summed E-state index contributed by atoms with van der Waals surface area (Å²) in [6.07, 6.45) is 2.72. The summed E-state index contributed by atoms with van der Waals surface area (Å²) in [6.45, 7) is 0.414. The number of hydrogen-bond donors (Lipinski definition) is 1. The first kappa shape index (κ1) is 13.3. The number of methoxy groups -OCH3 is 1. The van der Waals surface area contributed by atoms with Crippen LogP contribution in [0.15, 0.2) is 35.1 Å². The lowest BCUT2D eigenvalue weighted by Crippen LogP contribution is -2.20. The van der Waals surface area contributed by atoms with Crippen LogP contribution in [0, 0.1) is 0 Å². The lowest BCUT2D eigenvalue weighted by Gasteiger charge is -2.03. The Kier molecular flexibility index (Phi) is 3.08. The molecule has 5 nitrogen and oxygen atoms in total. The highest BCUT2D eigenvalue weighted by atomic mass is 16.5. The zero-order valence-electron chi connectivity index (χ0n) is 12.4. The molecule has 0 aliphatic heterocycles. The van der Waals surface area contributed by atoms with Crippen LogP contribution < -0.4 is 5.56 Å². The molecule has 0 spiro atoms. The molecule has 1 aromatic carbocycles. The molecule has 2 heterocycles. The molecule has 0 unspecified atom stereocenters. The van der Waals surface area contributed by atoms with Gasteiger partial charge in [0.15, 0.2) is 5.65 Å². The lowest BCUT2D eigenvalue weighted by molar-refractivity contribution is 0.181. The average molecular weight is 295 g/mol. The van der Waals surface area contributed by atoms with E-state index in [9.17, 15) is 4.79 Å². The third-order valence-corrected chi connectivity index (χ3v) is 4.23. The highest BCUT2D eigenvalue weighted by Gasteiger charge is 2.22. The Balaban J connectivity index is 2.07. The van der Waals surface area contributed by atoms with Gasteiger partial charge in [0.2, 0.25) is 0 Å². The molecule has 4 rings (SSSR count). The van der Waals surface area contributed by atoms with Gasteiger partial charge in [-0.3, -0.25) is 9.89 Å². The number of rotatable bonds is 3. The van der Waals surface area contributed by atoms with Crippen molar-refractivity contribution in [1.29, 1.82) is 0 Å². The number of aromatic nitrogens is 3. The summed E-state index contributed by atoms with van der Waals surface area (Å²) in [5, 5.41) is 3.18. The Hall–Kier alpha value is -2.40. The fourth-order valence-corrected chi connectivity index (χ4v) is 3.24. The number of hydrogen-bond acceptors (Lipinski definition) is 3. The van der Waals surface area contributed by atoms with E-state index in [-0.39, 0.29) is 5.56 Å². The third kappa shape index (κ3) is 1.89. The summed E-state index contributed by atoms with van der Waals surface area (Å²) in [4.78, 5) is 17.4. The van der Waals surface area contributed by atoms with Crippen molar-refractivity contribution >= 4 is 5.65 Å². The van der Waals surface area contributed by atoms with E-state index in [2.05, 4.69) is 5.10 Å². The number of fused-ring (bicyclic) bond motifs is 2. The molecule has 0 fully saturated rings. The van der Waals surface area contributed by atoms with E-state index in [0.717, 1.165) is 47.3 Å². The summed E-state index contributed by atoms with van der Waals surface area (Å²) in [5.41, 5.74) is 5.39. The molecule has 0 radical (unpaired) electrons. The Morgan fingerprint density at radius 2 is 2.09 bits per heavy atom. The Bertz CT molecular complexity index is 894. The van der Waals surface area contributed by atoms with Gasteiger partial charge in [-0.1, -0.05) is 30.3 Å². The maximum Gasteiger partial charge on any atom is 0.276 e. The molecule has 2 aromatic heterocycles. The Morgan fingerprint density at radius 1 is 1.27 bits per heavy atom. The summed E-state index contributed by atoms with van der Waals surface area (Å²) in [7, 11) is 1.65. The maximum atomic E-state index is 12.7. The number of aromatic amines is 1. The van der Waals surface area contributed by atoms with Crippen molar-refractivity contribution in [2.45, 2.75) is 25.9 Å². The predicted molar refractivity (Wildman–Crippen MR) is 84.0 cm³/mol. The second kappa shape index (κ2) is 5.10. The minimum atomic E-state index is 0.0250. The monoisotopic (exact) mass is 295 g/mol. The molecule has 0 bridgehead atoms. The molecule has 112 valence electrons. The van der Waals surface area contributed by atoms with Crippen molar-refractivity contribution < 1.29 is 4.74 Å². The van der Waals surface area contributed by atoms with Crippen LogP contribution in [0.4, 0.5) is 0 Å². The van der Waals surface area contributed by atoms with Gasteiger partial charge < -0.3 is 4.74 Å². The zero-order chi connectivity index (χ0) is 15.1. The van der Waals surface area contributed by atoms with Gasteiger partial charge >= 0.3 is 0 Å². The fourth-order valence-electron chi connectivity index (χ4n) is 3.24. The van der Waals surface area contributed by atoms with Gasteiger partial charge in [0, 0.05) is 18.2 Å². The summed E-state index contributed by atoms with van der Waals surface area (Å²) < 4.78 is 6.86. The van der Waals surface area contributed by atoms with E-state index >= 15 is 0 Å². The van der Waals surface area contributed by atoms with Gasteiger partial charge in [0.25, 0.3) is 5.56 Å². The zero-order valence-corrected chi connectivity index (χ0v) is 12.4. The Morgan fingerprint density at radius 3 is 2.86 bits per heavy atom. The van der Waals surface area contributed by atoms with E-state index in [1.807, 2.05) is 30.3 Å². The van der Waals surface area contributed by atoms with E-state index in [4.69, 9.17) is 9.72 Å². The average Bonchev–Trinajstić information content (AvgIpc) is 3.14. The molecule has 1 aliphatic carbocycles. The molecule has 0 saturated carbocycles. The predicted octanol–water partition coefficient (Wildman–Crippen LogP) is 2.32. The highest BCUT2D eigenvalue weighted by molar-refractivity contribution is 5.80. The van der Waals surface area contributed by atoms with Crippen molar-refractivity contribution in [3.63, 3.8) is 0 Å². The van der Waals surface area contributed by atoms with Crippen LogP contribution in [0.25, 0.3) is 16.8 Å².